The van der Waals surface area contributed by atoms with Crippen LogP contribution < -0.4 is 15.5 Å². The molecule has 2 aliphatic heterocycles. The van der Waals surface area contributed by atoms with E-state index in [1.54, 1.807) is 0 Å². The fraction of sp³-hybridized carbons (Fsp3) is 0.600. The number of hydrogen-bond acceptors (Lipinski definition) is 3. The smallest absolute Gasteiger partial charge is 0.244 e. The largest absolute Gasteiger partial charge is 0.371 e. The number of likely N-dealkylation sites (tertiary alicyclic amines) is 1. The summed E-state index contributed by atoms with van der Waals surface area (Å²) in [6, 6.07) is 10.6. The van der Waals surface area contributed by atoms with Gasteiger partial charge in [0.2, 0.25) is 5.91 Å². The molecule has 2 saturated heterocycles. The lowest BCUT2D eigenvalue weighted by atomic mass is 10.1. The van der Waals surface area contributed by atoms with Crippen molar-refractivity contribution in [3.8, 4) is 0 Å². The molecule has 150 valence electrons. The number of anilines is 1. The van der Waals surface area contributed by atoms with Crippen LogP contribution in [0.4, 0.5) is 5.69 Å². The molecule has 2 fully saturated rings. The molecule has 0 aliphatic carbocycles. The van der Waals surface area contributed by atoms with E-state index in [0.29, 0.717) is 5.92 Å². The van der Waals surface area contributed by atoms with Crippen molar-refractivity contribution in [2.24, 2.45) is 10.9 Å². The van der Waals surface area contributed by atoms with Gasteiger partial charge in [0.25, 0.3) is 0 Å². The molecule has 1 aromatic rings. The number of aliphatic imine (C=N–C) groups is 1. The number of guanidine groups is 1. The lowest BCUT2D eigenvalue weighted by Gasteiger charge is -2.19. The molecule has 27 heavy (non-hydrogen) atoms. The number of hydrogen-bond donors (Lipinski definition) is 2. The summed E-state index contributed by atoms with van der Waals surface area (Å²) in [5.74, 6) is 1.47. The Bertz CT molecular complexity index is 604. The summed E-state index contributed by atoms with van der Waals surface area (Å²) < 4.78 is 0. The van der Waals surface area contributed by atoms with Gasteiger partial charge in [-0.1, -0.05) is 18.2 Å². The molecule has 2 aliphatic rings. The molecule has 1 aromatic carbocycles. The minimum Gasteiger partial charge on any atom is -0.371 e. The number of amides is 1. The summed E-state index contributed by atoms with van der Waals surface area (Å²) in [6.07, 6.45) is 3.41. The molecule has 2 heterocycles. The van der Waals surface area contributed by atoms with Crippen LogP contribution >= 0.6 is 24.0 Å². The van der Waals surface area contributed by atoms with Gasteiger partial charge in [-0.15, -0.1) is 24.0 Å². The molecular formula is C20H32IN5O. The number of rotatable bonds is 6. The summed E-state index contributed by atoms with van der Waals surface area (Å²) in [5, 5.41) is 6.67. The number of benzene rings is 1. The average Bonchev–Trinajstić information content (AvgIpc) is 3.36. The fourth-order valence-electron chi connectivity index (χ4n) is 3.67. The first-order valence-electron chi connectivity index (χ1n) is 9.86. The number of carbonyl (C=O) groups is 1. The third-order valence-corrected chi connectivity index (χ3v) is 5.14. The lowest BCUT2D eigenvalue weighted by Crippen LogP contribution is -2.41. The van der Waals surface area contributed by atoms with Crippen molar-refractivity contribution in [3.63, 3.8) is 0 Å². The maximum Gasteiger partial charge on any atom is 0.244 e. The second kappa shape index (κ2) is 11.4. The summed E-state index contributed by atoms with van der Waals surface area (Å²) in [5.41, 5.74) is 1.30. The van der Waals surface area contributed by atoms with E-state index in [0.717, 1.165) is 58.1 Å². The molecule has 0 saturated carbocycles. The number of para-hydroxylation sites is 1. The summed E-state index contributed by atoms with van der Waals surface area (Å²) in [6.45, 7) is 7.88. The maximum absolute atomic E-state index is 12.2. The van der Waals surface area contributed by atoms with E-state index in [1.165, 1.54) is 12.1 Å². The van der Waals surface area contributed by atoms with Crippen molar-refractivity contribution in [3.05, 3.63) is 30.3 Å². The van der Waals surface area contributed by atoms with E-state index in [-0.39, 0.29) is 36.4 Å². The molecule has 6 nitrogen and oxygen atoms in total. The Morgan fingerprint density at radius 1 is 1.15 bits per heavy atom. The third kappa shape index (κ3) is 6.55. The van der Waals surface area contributed by atoms with Gasteiger partial charge >= 0.3 is 0 Å². The van der Waals surface area contributed by atoms with Crippen LogP contribution in [0, 0.1) is 5.92 Å². The second-order valence-electron chi connectivity index (χ2n) is 7.10. The van der Waals surface area contributed by atoms with Gasteiger partial charge in [-0.25, -0.2) is 4.99 Å². The highest BCUT2D eigenvalue weighted by Crippen LogP contribution is 2.22. The Hall–Kier alpha value is -1.51. The Labute approximate surface area is 179 Å². The highest BCUT2D eigenvalue weighted by atomic mass is 127. The van der Waals surface area contributed by atoms with Crippen molar-refractivity contribution in [1.29, 1.82) is 0 Å². The van der Waals surface area contributed by atoms with Crippen molar-refractivity contribution in [2.45, 2.75) is 26.2 Å². The van der Waals surface area contributed by atoms with Gasteiger partial charge in [0.05, 0.1) is 0 Å². The van der Waals surface area contributed by atoms with Crippen LogP contribution in [0.2, 0.25) is 0 Å². The van der Waals surface area contributed by atoms with E-state index < -0.39 is 0 Å². The number of nitrogens with zero attached hydrogens (tertiary/aromatic N) is 3. The van der Waals surface area contributed by atoms with Crippen LogP contribution in [0.5, 0.6) is 0 Å². The second-order valence-corrected chi connectivity index (χ2v) is 7.10. The zero-order valence-electron chi connectivity index (χ0n) is 16.2. The van der Waals surface area contributed by atoms with Gasteiger partial charge in [-0.3, -0.25) is 4.79 Å². The van der Waals surface area contributed by atoms with Gasteiger partial charge in [0.1, 0.15) is 6.54 Å². The SMILES string of the molecule is CCNC(=NCC(=O)N1CCCC1)NCC1CCN(c2ccccc2)C1.I. The topological polar surface area (TPSA) is 60.0 Å². The van der Waals surface area contributed by atoms with Gasteiger partial charge in [-0.2, -0.15) is 0 Å². The number of carbonyl (C=O) groups excluding carboxylic acids is 1. The zero-order valence-corrected chi connectivity index (χ0v) is 18.5. The van der Waals surface area contributed by atoms with E-state index in [1.807, 2.05) is 11.8 Å². The van der Waals surface area contributed by atoms with Crippen molar-refractivity contribution in [1.82, 2.24) is 15.5 Å². The first kappa shape index (κ1) is 21.8. The molecule has 1 unspecified atom stereocenters. The molecule has 0 radical (unpaired) electrons. The van der Waals surface area contributed by atoms with E-state index in [2.05, 4.69) is 50.9 Å². The molecular weight excluding hydrogens is 453 g/mol. The number of nitrogens with one attached hydrogen (secondary N) is 2. The van der Waals surface area contributed by atoms with Crippen molar-refractivity contribution >= 4 is 41.5 Å². The normalized spacial score (nSPS) is 19.7. The van der Waals surface area contributed by atoms with Gasteiger partial charge < -0.3 is 20.4 Å². The molecule has 3 rings (SSSR count). The van der Waals surface area contributed by atoms with Crippen LogP contribution in [0.25, 0.3) is 0 Å². The van der Waals surface area contributed by atoms with Crippen LogP contribution in [0.1, 0.15) is 26.2 Å². The van der Waals surface area contributed by atoms with E-state index >= 15 is 0 Å². The Balaban J connectivity index is 0.00000261. The molecule has 2 N–H and O–H groups in total. The molecule has 1 atom stereocenters. The quantitative estimate of drug-likeness (QED) is 0.369. The van der Waals surface area contributed by atoms with Crippen LogP contribution in [0.3, 0.4) is 0 Å². The molecule has 1 amide bonds. The summed E-state index contributed by atoms with van der Waals surface area (Å²) >= 11 is 0. The maximum atomic E-state index is 12.2. The zero-order chi connectivity index (χ0) is 18.2. The summed E-state index contributed by atoms with van der Waals surface area (Å²) in [4.78, 5) is 21.0. The van der Waals surface area contributed by atoms with Gasteiger partial charge in [0, 0.05) is 45.0 Å². The molecule has 0 bridgehead atoms. The van der Waals surface area contributed by atoms with Crippen LogP contribution in [0.15, 0.2) is 35.3 Å². The standard InChI is InChI=1S/C20H31N5O.HI/c1-2-21-20(23-15-19(26)24-11-6-7-12-24)22-14-17-10-13-25(16-17)18-8-4-3-5-9-18;/h3-5,8-9,17H,2,6-7,10-16H2,1H3,(H2,21,22,23);1H. The Morgan fingerprint density at radius 2 is 1.89 bits per heavy atom. The minimum atomic E-state index is 0. The van der Waals surface area contributed by atoms with Crippen molar-refractivity contribution in [2.75, 3.05) is 50.7 Å². The van der Waals surface area contributed by atoms with Crippen LogP contribution in [-0.2, 0) is 4.79 Å². The molecule has 0 aromatic heterocycles. The number of halogens is 1. The van der Waals surface area contributed by atoms with E-state index in [9.17, 15) is 4.79 Å². The van der Waals surface area contributed by atoms with Crippen LogP contribution in [-0.4, -0.2) is 62.6 Å². The molecule has 7 heteroatoms. The predicted octanol–water partition coefficient (Wildman–Crippen LogP) is 2.31. The Kier molecular flexibility index (Phi) is 9.17. The third-order valence-electron chi connectivity index (χ3n) is 5.14. The fourth-order valence-corrected chi connectivity index (χ4v) is 3.67. The first-order chi connectivity index (χ1) is 12.8. The summed E-state index contributed by atoms with van der Waals surface area (Å²) in [7, 11) is 0. The minimum absolute atomic E-state index is 0. The first-order valence-corrected chi connectivity index (χ1v) is 9.86. The Morgan fingerprint density at radius 3 is 2.59 bits per heavy atom. The predicted molar refractivity (Wildman–Crippen MR) is 122 cm³/mol. The highest BCUT2D eigenvalue weighted by molar-refractivity contribution is 14.0. The van der Waals surface area contributed by atoms with E-state index in [4.69, 9.17) is 0 Å². The average molecular weight is 485 g/mol. The van der Waals surface area contributed by atoms with Gasteiger partial charge in [0.15, 0.2) is 5.96 Å². The highest BCUT2D eigenvalue weighted by Gasteiger charge is 2.23. The molecule has 0 spiro atoms. The monoisotopic (exact) mass is 485 g/mol. The lowest BCUT2D eigenvalue weighted by molar-refractivity contribution is -0.128. The van der Waals surface area contributed by atoms with Gasteiger partial charge in [-0.05, 0) is 44.2 Å². The van der Waals surface area contributed by atoms with Crippen molar-refractivity contribution < 1.29 is 4.79 Å².